The summed E-state index contributed by atoms with van der Waals surface area (Å²) in [4.78, 5) is 37.7. The Hall–Kier alpha value is -3.88. The normalized spacial score (nSPS) is 17.5. The summed E-state index contributed by atoms with van der Waals surface area (Å²) in [6.07, 6.45) is 3.48. The zero-order valence-corrected chi connectivity index (χ0v) is 24.1. The summed E-state index contributed by atoms with van der Waals surface area (Å²) in [5.74, 6) is 1.50. The average Bonchev–Trinajstić information content (AvgIpc) is 3.41. The first-order valence-corrected chi connectivity index (χ1v) is 14.4. The van der Waals surface area contributed by atoms with Crippen molar-refractivity contribution in [2.45, 2.75) is 13.3 Å². The van der Waals surface area contributed by atoms with Gasteiger partial charge in [0.1, 0.15) is 0 Å². The number of hydrogen-bond donors (Lipinski definition) is 2. The lowest BCUT2D eigenvalue weighted by atomic mass is 10.1. The Bertz CT molecular complexity index is 1390. The predicted molar refractivity (Wildman–Crippen MR) is 160 cm³/mol. The van der Waals surface area contributed by atoms with Crippen LogP contribution in [0.25, 0.3) is 11.3 Å². The van der Waals surface area contributed by atoms with Crippen molar-refractivity contribution >= 4 is 47.4 Å². The van der Waals surface area contributed by atoms with E-state index in [1.165, 1.54) is 0 Å². The van der Waals surface area contributed by atoms with Gasteiger partial charge in [0.2, 0.25) is 11.9 Å². The number of piperazine rings is 1. The monoisotopic (exact) mass is 578 g/mol. The number of aromatic nitrogens is 4. The van der Waals surface area contributed by atoms with E-state index >= 15 is 0 Å². The van der Waals surface area contributed by atoms with Gasteiger partial charge >= 0.3 is 6.09 Å². The van der Waals surface area contributed by atoms with Crippen LogP contribution in [-0.4, -0.2) is 97.0 Å². The minimum Gasteiger partial charge on any atom is -0.378 e. The van der Waals surface area contributed by atoms with E-state index in [0.29, 0.717) is 51.0 Å². The summed E-state index contributed by atoms with van der Waals surface area (Å²) in [6, 6.07) is 6.09. The minimum absolute atomic E-state index is 0.202. The number of nitrogen functional groups attached to an aromatic ring is 1. The molecule has 3 N–H and O–H groups in total. The van der Waals surface area contributed by atoms with Crippen molar-refractivity contribution in [2.75, 3.05) is 91.2 Å². The lowest BCUT2D eigenvalue weighted by molar-refractivity contribution is 0.122. The number of carbonyl (C=O) groups is 1. The number of amides is 1. The molecule has 1 aromatic carbocycles. The Morgan fingerprint density at radius 2 is 1.78 bits per heavy atom. The molecule has 0 saturated carbocycles. The summed E-state index contributed by atoms with van der Waals surface area (Å²) >= 11 is 0.971. The van der Waals surface area contributed by atoms with Crippen LogP contribution in [0.15, 0.2) is 30.6 Å². The molecule has 3 aromatic rings. The largest absolute Gasteiger partial charge is 0.425 e. The fraction of sp³-hybridized carbons (Fsp3) is 0.444. The van der Waals surface area contributed by atoms with Gasteiger partial charge < -0.3 is 29.4 Å². The zero-order valence-electron chi connectivity index (χ0n) is 23.2. The molecule has 3 aliphatic heterocycles. The molecule has 2 aromatic heterocycles. The summed E-state index contributed by atoms with van der Waals surface area (Å²) in [5, 5.41) is 2.88. The molecular weight excluding hydrogens is 544 g/mol. The van der Waals surface area contributed by atoms with Gasteiger partial charge in [-0.1, -0.05) is 0 Å². The Labute approximate surface area is 243 Å². The van der Waals surface area contributed by atoms with Gasteiger partial charge in [0.25, 0.3) is 0 Å². The van der Waals surface area contributed by atoms with E-state index in [9.17, 15) is 4.79 Å². The van der Waals surface area contributed by atoms with Crippen molar-refractivity contribution in [1.29, 1.82) is 0 Å². The molecule has 2 saturated heterocycles. The molecule has 14 heteroatoms. The molecule has 216 valence electrons. The SMILES string of the molecule is Cc1cc(N2CCN(C)CC2)ccc1NC(=O)OSN1CCc2c(-c3cnc(N)nc3)nc(N3CCOCC3)nc21. The van der Waals surface area contributed by atoms with Crippen molar-refractivity contribution in [3.63, 3.8) is 0 Å². The number of nitrogens with one attached hydrogen (secondary N) is 1. The van der Waals surface area contributed by atoms with Crippen LogP contribution in [0.4, 0.5) is 33.9 Å². The Morgan fingerprint density at radius 1 is 1.02 bits per heavy atom. The van der Waals surface area contributed by atoms with Crippen molar-refractivity contribution in [2.24, 2.45) is 0 Å². The van der Waals surface area contributed by atoms with Crippen LogP contribution in [0.5, 0.6) is 0 Å². The fourth-order valence-electron chi connectivity index (χ4n) is 5.15. The van der Waals surface area contributed by atoms with Gasteiger partial charge in [0, 0.05) is 80.7 Å². The summed E-state index contributed by atoms with van der Waals surface area (Å²) in [7, 11) is 2.14. The van der Waals surface area contributed by atoms with E-state index in [-0.39, 0.29) is 5.95 Å². The van der Waals surface area contributed by atoms with E-state index in [1.54, 1.807) is 12.4 Å². The first-order valence-electron chi connectivity index (χ1n) is 13.7. The number of likely N-dealkylation sites (N-methyl/N-ethyl adjacent to an activating group) is 1. The molecule has 13 nitrogen and oxygen atoms in total. The van der Waals surface area contributed by atoms with Crippen LogP contribution in [0.3, 0.4) is 0 Å². The number of morpholine rings is 1. The third kappa shape index (κ3) is 6.09. The predicted octanol–water partition coefficient (Wildman–Crippen LogP) is 2.59. The quantitative estimate of drug-likeness (QED) is 0.328. The summed E-state index contributed by atoms with van der Waals surface area (Å²) in [6.45, 7) is 9.25. The smallest absolute Gasteiger partial charge is 0.378 e. The van der Waals surface area contributed by atoms with E-state index in [0.717, 1.165) is 72.2 Å². The van der Waals surface area contributed by atoms with Gasteiger partial charge in [0.15, 0.2) is 18.0 Å². The number of hydrogen-bond acceptors (Lipinski definition) is 13. The van der Waals surface area contributed by atoms with Crippen LogP contribution in [0, 0.1) is 6.92 Å². The van der Waals surface area contributed by atoms with Gasteiger partial charge in [-0.15, -0.1) is 0 Å². The third-order valence-electron chi connectivity index (χ3n) is 7.53. The third-order valence-corrected chi connectivity index (χ3v) is 8.29. The first-order chi connectivity index (χ1) is 19.9. The van der Waals surface area contributed by atoms with E-state index in [4.69, 9.17) is 24.6 Å². The molecule has 0 atom stereocenters. The maximum atomic E-state index is 12.8. The molecule has 6 rings (SSSR count). The second-order valence-corrected chi connectivity index (χ2v) is 11.1. The average molecular weight is 579 g/mol. The summed E-state index contributed by atoms with van der Waals surface area (Å²) < 4.78 is 13.0. The van der Waals surface area contributed by atoms with E-state index < -0.39 is 6.09 Å². The number of ether oxygens (including phenoxy) is 1. The van der Waals surface area contributed by atoms with Crippen LogP contribution < -0.4 is 25.2 Å². The van der Waals surface area contributed by atoms with Gasteiger partial charge in [-0.25, -0.2) is 19.7 Å². The molecule has 0 radical (unpaired) electrons. The van der Waals surface area contributed by atoms with Gasteiger partial charge in [-0.2, -0.15) is 4.98 Å². The summed E-state index contributed by atoms with van der Waals surface area (Å²) in [5.41, 5.74) is 11.0. The van der Waals surface area contributed by atoms with Crippen molar-refractivity contribution in [3.05, 3.63) is 41.7 Å². The number of aryl methyl sites for hydroxylation is 1. The highest BCUT2D eigenvalue weighted by atomic mass is 32.2. The Balaban J connectivity index is 1.15. The maximum absolute atomic E-state index is 12.8. The highest BCUT2D eigenvalue weighted by molar-refractivity contribution is 7.96. The number of benzene rings is 1. The van der Waals surface area contributed by atoms with Gasteiger partial charge in [0.05, 0.1) is 18.9 Å². The second-order valence-electron chi connectivity index (χ2n) is 10.3. The zero-order chi connectivity index (χ0) is 28.3. The number of rotatable bonds is 6. The molecule has 1 amide bonds. The molecule has 0 unspecified atom stereocenters. The standard InChI is InChI=1S/C27H34N10O3S/c1-18-15-20(35-9-7-34(2)8-10-35)3-4-22(18)31-27(38)40-41-37-6-5-21-23(19-16-29-25(28)30-17-19)32-26(33-24(21)37)36-11-13-39-14-12-36/h3-4,15-17H,5-14H2,1-2H3,(H,31,38)(H2,28,29,30). The molecule has 41 heavy (non-hydrogen) atoms. The second kappa shape index (κ2) is 11.9. The highest BCUT2D eigenvalue weighted by Crippen LogP contribution is 2.38. The van der Waals surface area contributed by atoms with Crippen LogP contribution in [0.1, 0.15) is 11.1 Å². The number of carbonyl (C=O) groups excluding carboxylic acids is 1. The molecule has 0 aliphatic carbocycles. The Morgan fingerprint density at radius 3 is 2.51 bits per heavy atom. The Kier molecular flexibility index (Phi) is 7.94. The van der Waals surface area contributed by atoms with Crippen molar-refractivity contribution < 1.29 is 13.7 Å². The lowest BCUT2D eigenvalue weighted by Gasteiger charge is -2.34. The van der Waals surface area contributed by atoms with E-state index in [2.05, 4.69) is 43.1 Å². The molecule has 2 fully saturated rings. The molecule has 0 bridgehead atoms. The van der Waals surface area contributed by atoms with Gasteiger partial charge in [-0.05, 0) is 44.2 Å². The van der Waals surface area contributed by atoms with Gasteiger partial charge in [-0.3, -0.25) is 9.62 Å². The topological polar surface area (TPSA) is 138 Å². The first kappa shape index (κ1) is 27.3. The van der Waals surface area contributed by atoms with Crippen LogP contribution in [0.2, 0.25) is 0 Å². The van der Waals surface area contributed by atoms with Crippen molar-refractivity contribution in [1.82, 2.24) is 24.8 Å². The lowest BCUT2D eigenvalue weighted by Crippen LogP contribution is -2.44. The number of nitrogens with zero attached hydrogens (tertiary/aromatic N) is 8. The minimum atomic E-state index is -0.548. The van der Waals surface area contributed by atoms with Crippen molar-refractivity contribution in [3.8, 4) is 11.3 Å². The number of anilines is 5. The molecule has 5 heterocycles. The van der Waals surface area contributed by atoms with E-state index in [1.807, 2.05) is 23.4 Å². The molecule has 3 aliphatic rings. The molecule has 0 spiro atoms. The molecular formula is C27H34N10O3S. The van der Waals surface area contributed by atoms with Crippen LogP contribution in [-0.2, 0) is 15.3 Å². The highest BCUT2D eigenvalue weighted by Gasteiger charge is 2.30. The van der Waals surface area contributed by atoms with Crippen LogP contribution >= 0.6 is 12.2 Å². The number of nitrogens with two attached hydrogens (primary N) is 1. The fourth-order valence-corrected chi connectivity index (χ4v) is 5.74. The number of fused-ring (bicyclic) bond motifs is 1. The maximum Gasteiger partial charge on any atom is 0.425 e.